The standard InChI is InChI=1S/C18H22ClN3O2S/c19-14-3-4-17(22-7-9-24-10-8-22)16(12-14)21-13-18(23)20-6-5-15-2-1-11-25-15/h1-4,11-12,21H,5-10,13H2,(H,20,23). The fourth-order valence-electron chi connectivity index (χ4n) is 2.75. The number of ether oxygens (including phenoxy) is 1. The molecule has 5 nitrogen and oxygen atoms in total. The van der Waals surface area contributed by atoms with E-state index < -0.39 is 0 Å². The lowest BCUT2D eigenvalue weighted by Crippen LogP contribution is -2.37. The summed E-state index contributed by atoms with van der Waals surface area (Å²) in [6, 6.07) is 9.83. The molecule has 1 saturated heterocycles. The van der Waals surface area contributed by atoms with Gasteiger partial charge in [0.05, 0.1) is 31.1 Å². The quantitative estimate of drug-likeness (QED) is 0.776. The number of amides is 1. The summed E-state index contributed by atoms with van der Waals surface area (Å²) >= 11 is 7.84. The van der Waals surface area contributed by atoms with Crippen LogP contribution >= 0.6 is 22.9 Å². The van der Waals surface area contributed by atoms with Crippen molar-refractivity contribution in [3.8, 4) is 0 Å². The lowest BCUT2D eigenvalue weighted by molar-refractivity contribution is -0.119. The maximum atomic E-state index is 12.1. The highest BCUT2D eigenvalue weighted by Crippen LogP contribution is 2.29. The summed E-state index contributed by atoms with van der Waals surface area (Å²) in [5.41, 5.74) is 1.93. The van der Waals surface area contributed by atoms with Gasteiger partial charge in [0.25, 0.3) is 0 Å². The molecule has 0 aliphatic carbocycles. The van der Waals surface area contributed by atoms with Gasteiger partial charge in [-0.15, -0.1) is 11.3 Å². The topological polar surface area (TPSA) is 53.6 Å². The molecule has 0 radical (unpaired) electrons. The predicted octanol–water partition coefficient (Wildman–Crippen LogP) is 3.01. The van der Waals surface area contributed by atoms with Crippen molar-refractivity contribution < 1.29 is 9.53 Å². The van der Waals surface area contributed by atoms with E-state index in [0.717, 1.165) is 30.9 Å². The number of carbonyl (C=O) groups excluding carboxylic acids is 1. The largest absolute Gasteiger partial charge is 0.378 e. The summed E-state index contributed by atoms with van der Waals surface area (Å²) in [4.78, 5) is 15.6. The van der Waals surface area contributed by atoms with Crippen LogP contribution in [0, 0.1) is 0 Å². The first-order chi connectivity index (χ1) is 12.2. The van der Waals surface area contributed by atoms with Crippen molar-refractivity contribution in [1.29, 1.82) is 0 Å². The molecule has 0 bridgehead atoms. The number of benzene rings is 1. The summed E-state index contributed by atoms with van der Waals surface area (Å²) in [6.07, 6.45) is 0.861. The van der Waals surface area contributed by atoms with Crippen molar-refractivity contribution in [1.82, 2.24) is 5.32 Å². The minimum Gasteiger partial charge on any atom is -0.378 e. The van der Waals surface area contributed by atoms with E-state index in [1.165, 1.54) is 4.88 Å². The predicted molar refractivity (Wildman–Crippen MR) is 104 cm³/mol. The van der Waals surface area contributed by atoms with Gasteiger partial charge < -0.3 is 20.3 Å². The van der Waals surface area contributed by atoms with Gasteiger partial charge in [-0.25, -0.2) is 0 Å². The Morgan fingerprint density at radius 2 is 2.12 bits per heavy atom. The highest BCUT2D eigenvalue weighted by Gasteiger charge is 2.15. The summed E-state index contributed by atoms with van der Waals surface area (Å²) in [6.45, 7) is 3.97. The van der Waals surface area contributed by atoms with Gasteiger partial charge in [0, 0.05) is 29.5 Å². The van der Waals surface area contributed by atoms with Crippen LogP contribution in [0.25, 0.3) is 0 Å². The van der Waals surface area contributed by atoms with Crippen LogP contribution in [0.15, 0.2) is 35.7 Å². The van der Waals surface area contributed by atoms with Crippen LogP contribution in [-0.2, 0) is 16.0 Å². The Bertz CT molecular complexity index is 688. The molecule has 0 spiro atoms. The summed E-state index contributed by atoms with van der Waals surface area (Å²) in [5.74, 6) is -0.0236. The molecule has 1 aromatic heterocycles. The fraction of sp³-hybridized carbons (Fsp3) is 0.389. The van der Waals surface area contributed by atoms with Crippen molar-refractivity contribution in [3.05, 3.63) is 45.6 Å². The van der Waals surface area contributed by atoms with Gasteiger partial charge in [-0.3, -0.25) is 4.79 Å². The summed E-state index contributed by atoms with van der Waals surface area (Å²) in [7, 11) is 0. The summed E-state index contributed by atoms with van der Waals surface area (Å²) in [5, 5.41) is 8.86. The Morgan fingerprint density at radius 3 is 2.88 bits per heavy atom. The molecule has 3 rings (SSSR count). The van der Waals surface area contributed by atoms with Gasteiger partial charge in [-0.2, -0.15) is 0 Å². The maximum Gasteiger partial charge on any atom is 0.239 e. The Morgan fingerprint density at radius 1 is 1.28 bits per heavy atom. The van der Waals surface area contributed by atoms with Gasteiger partial charge in [0.15, 0.2) is 0 Å². The van der Waals surface area contributed by atoms with Crippen LogP contribution < -0.4 is 15.5 Å². The number of hydrogen-bond donors (Lipinski definition) is 2. The smallest absolute Gasteiger partial charge is 0.239 e. The number of nitrogens with zero attached hydrogens (tertiary/aromatic N) is 1. The third-order valence-electron chi connectivity index (χ3n) is 4.02. The fourth-order valence-corrected chi connectivity index (χ4v) is 3.63. The molecule has 1 aromatic carbocycles. The van der Waals surface area contributed by atoms with Gasteiger partial charge in [0.2, 0.25) is 5.91 Å². The minimum atomic E-state index is -0.0236. The molecule has 2 N–H and O–H groups in total. The molecule has 0 atom stereocenters. The molecular formula is C18H22ClN3O2S. The van der Waals surface area contributed by atoms with Crippen LogP contribution in [0.3, 0.4) is 0 Å². The SMILES string of the molecule is O=C(CNc1cc(Cl)ccc1N1CCOCC1)NCCc1cccs1. The Kier molecular flexibility index (Phi) is 6.55. The van der Waals surface area contributed by atoms with E-state index in [2.05, 4.69) is 21.6 Å². The van der Waals surface area contributed by atoms with E-state index in [-0.39, 0.29) is 12.5 Å². The van der Waals surface area contributed by atoms with E-state index in [1.54, 1.807) is 11.3 Å². The lowest BCUT2D eigenvalue weighted by Gasteiger charge is -2.30. The number of anilines is 2. The van der Waals surface area contributed by atoms with Crippen LogP contribution in [0.4, 0.5) is 11.4 Å². The monoisotopic (exact) mass is 379 g/mol. The van der Waals surface area contributed by atoms with Crippen LogP contribution in [0.1, 0.15) is 4.88 Å². The number of rotatable bonds is 7. The maximum absolute atomic E-state index is 12.1. The van der Waals surface area contributed by atoms with E-state index in [9.17, 15) is 4.79 Å². The first-order valence-electron chi connectivity index (χ1n) is 8.37. The zero-order valence-electron chi connectivity index (χ0n) is 14.0. The number of halogens is 1. The molecule has 1 aliphatic heterocycles. The normalized spacial score (nSPS) is 14.4. The first-order valence-corrected chi connectivity index (χ1v) is 9.63. The molecular weight excluding hydrogens is 358 g/mol. The van der Waals surface area contributed by atoms with E-state index in [0.29, 0.717) is 24.8 Å². The number of nitrogens with one attached hydrogen (secondary N) is 2. The van der Waals surface area contributed by atoms with Gasteiger partial charge >= 0.3 is 0 Å². The van der Waals surface area contributed by atoms with Crippen molar-refractivity contribution >= 4 is 40.2 Å². The molecule has 134 valence electrons. The Labute approximate surface area is 156 Å². The van der Waals surface area contributed by atoms with Gasteiger partial charge in [-0.1, -0.05) is 17.7 Å². The van der Waals surface area contributed by atoms with E-state index in [1.807, 2.05) is 29.6 Å². The molecule has 1 aliphatic rings. The second-order valence-corrected chi connectivity index (χ2v) is 7.26. The summed E-state index contributed by atoms with van der Waals surface area (Å²) < 4.78 is 5.41. The molecule has 25 heavy (non-hydrogen) atoms. The molecule has 0 saturated carbocycles. The highest BCUT2D eigenvalue weighted by atomic mass is 35.5. The zero-order valence-corrected chi connectivity index (χ0v) is 15.5. The van der Waals surface area contributed by atoms with Crippen LogP contribution in [0.5, 0.6) is 0 Å². The van der Waals surface area contributed by atoms with Crippen LogP contribution in [0.2, 0.25) is 5.02 Å². The van der Waals surface area contributed by atoms with E-state index >= 15 is 0 Å². The first kappa shape index (κ1) is 18.0. The van der Waals surface area contributed by atoms with E-state index in [4.69, 9.17) is 16.3 Å². The minimum absolute atomic E-state index is 0.0236. The second-order valence-electron chi connectivity index (χ2n) is 5.79. The number of hydrogen-bond acceptors (Lipinski definition) is 5. The Balaban J connectivity index is 1.52. The highest BCUT2D eigenvalue weighted by molar-refractivity contribution is 7.09. The van der Waals surface area contributed by atoms with Gasteiger partial charge in [-0.05, 0) is 36.1 Å². The number of carbonyl (C=O) groups is 1. The molecule has 7 heteroatoms. The molecule has 2 heterocycles. The molecule has 2 aromatic rings. The van der Waals surface area contributed by atoms with Crippen molar-refractivity contribution in [3.63, 3.8) is 0 Å². The van der Waals surface area contributed by atoms with Crippen molar-refractivity contribution in [2.75, 3.05) is 49.6 Å². The lowest BCUT2D eigenvalue weighted by atomic mass is 10.2. The molecule has 0 unspecified atom stereocenters. The van der Waals surface area contributed by atoms with Gasteiger partial charge in [0.1, 0.15) is 0 Å². The Hall–Kier alpha value is -1.76. The molecule has 1 amide bonds. The van der Waals surface area contributed by atoms with Crippen molar-refractivity contribution in [2.24, 2.45) is 0 Å². The third-order valence-corrected chi connectivity index (χ3v) is 5.19. The number of morpholine rings is 1. The van der Waals surface area contributed by atoms with Crippen molar-refractivity contribution in [2.45, 2.75) is 6.42 Å². The average Bonchev–Trinajstić information content (AvgIpc) is 3.14. The average molecular weight is 380 g/mol. The third kappa shape index (κ3) is 5.36. The second kappa shape index (κ2) is 9.08. The zero-order chi connectivity index (χ0) is 17.5. The number of thiophene rings is 1. The van der Waals surface area contributed by atoms with Crippen LogP contribution in [-0.4, -0.2) is 45.3 Å². The molecule has 1 fully saturated rings.